The third-order valence-electron chi connectivity index (χ3n) is 4.96. The van der Waals surface area contributed by atoms with E-state index in [0.29, 0.717) is 25.7 Å². The van der Waals surface area contributed by atoms with E-state index in [1.165, 1.54) is 11.1 Å². The van der Waals surface area contributed by atoms with Crippen LogP contribution in [0, 0.1) is 0 Å². The molecule has 0 aliphatic carbocycles. The first-order valence-electron chi connectivity index (χ1n) is 10.5. The lowest BCUT2D eigenvalue weighted by Gasteiger charge is -2.26. The maximum Gasteiger partial charge on any atom is 0.119 e. The minimum atomic E-state index is -0.665. The van der Waals surface area contributed by atoms with Crippen molar-refractivity contribution in [3.05, 3.63) is 59.7 Å². The molecular formula is C24H32ClIO5. The molecule has 1 atom stereocenters. The number of halogens is 2. The van der Waals surface area contributed by atoms with Crippen LogP contribution >= 0.6 is 34.6 Å². The monoisotopic (exact) mass is 562 g/mol. The molecule has 172 valence electrons. The summed E-state index contributed by atoms with van der Waals surface area (Å²) in [6, 6.07) is 16.2. The fraction of sp³-hybridized carbons (Fsp3) is 0.500. The molecular weight excluding hydrogens is 531 g/mol. The molecule has 5 nitrogen and oxygen atoms in total. The third-order valence-corrected chi connectivity index (χ3v) is 5.67. The molecule has 0 heterocycles. The number of ether oxygens (including phenoxy) is 3. The summed E-state index contributed by atoms with van der Waals surface area (Å²) in [5.41, 5.74) is 2.21. The van der Waals surface area contributed by atoms with Gasteiger partial charge < -0.3 is 22.4 Å². The zero-order valence-corrected chi connectivity index (χ0v) is 21.1. The Balaban J connectivity index is 1.85. The van der Waals surface area contributed by atoms with Crippen LogP contribution in [0.2, 0.25) is 0 Å². The van der Waals surface area contributed by atoms with Crippen LogP contribution in [0.5, 0.6) is 11.5 Å². The zero-order valence-electron chi connectivity index (χ0n) is 18.2. The van der Waals surface area contributed by atoms with Crippen molar-refractivity contribution in [2.75, 3.05) is 38.9 Å². The Morgan fingerprint density at radius 3 is 1.97 bits per heavy atom. The maximum absolute atomic E-state index is 9.99. The number of alkyl halides is 1. The Bertz CT molecular complexity index is 737. The van der Waals surface area contributed by atoms with Gasteiger partial charge in [-0.2, -0.15) is 0 Å². The Kier molecular flexibility index (Phi) is 12.0. The summed E-state index contributed by atoms with van der Waals surface area (Å²) < 4.78 is 21.7. The number of aliphatic hydroxyl groups excluding tert-OH is 1. The minimum absolute atomic E-state index is 0.164. The molecule has 0 fully saturated rings. The van der Waals surface area contributed by atoms with Crippen LogP contribution in [-0.4, -0.2) is 50.1 Å². The lowest BCUT2D eigenvalue weighted by molar-refractivity contribution is 0.00988. The SMILES string of the molecule is CC(C)(c1ccc(OCCCCl)cc1)c1ccc(OCC(O)COCCCOI)cc1. The van der Waals surface area contributed by atoms with Crippen molar-refractivity contribution in [1.29, 1.82) is 0 Å². The second kappa shape index (κ2) is 14.2. The van der Waals surface area contributed by atoms with Crippen molar-refractivity contribution >= 4 is 34.6 Å². The highest BCUT2D eigenvalue weighted by Gasteiger charge is 2.23. The standard InChI is InChI=1S/C24H32ClIO5/c1-24(2,19-5-9-22(10-6-19)29-15-3-13-25)20-7-11-23(12-8-20)30-18-21(27)17-28-14-4-16-31-26/h5-12,21,27H,3-4,13-18H2,1-2H3. The van der Waals surface area contributed by atoms with Crippen molar-refractivity contribution in [3.63, 3.8) is 0 Å². The molecule has 0 aromatic heterocycles. The Hall–Kier alpha value is -1.06. The summed E-state index contributed by atoms with van der Waals surface area (Å²) in [4.78, 5) is 0. The van der Waals surface area contributed by atoms with Crippen LogP contribution in [0.15, 0.2) is 48.5 Å². The summed E-state index contributed by atoms with van der Waals surface area (Å²) in [5.74, 6) is 2.18. The average Bonchev–Trinajstić information content (AvgIpc) is 2.78. The molecule has 0 bridgehead atoms. The van der Waals surface area contributed by atoms with E-state index in [0.717, 1.165) is 24.3 Å². The highest BCUT2D eigenvalue weighted by molar-refractivity contribution is 14.1. The number of hydrogen-bond donors (Lipinski definition) is 1. The molecule has 0 spiro atoms. The van der Waals surface area contributed by atoms with Crippen LogP contribution in [-0.2, 0) is 13.2 Å². The second-order valence-corrected chi connectivity index (χ2v) is 8.77. The van der Waals surface area contributed by atoms with Gasteiger partial charge in [-0.25, -0.2) is 0 Å². The van der Waals surface area contributed by atoms with Crippen LogP contribution in [0.1, 0.15) is 37.8 Å². The second-order valence-electron chi connectivity index (χ2n) is 7.77. The molecule has 1 N–H and O–H groups in total. The summed E-state index contributed by atoms with van der Waals surface area (Å²) in [6.07, 6.45) is 0.973. The summed E-state index contributed by atoms with van der Waals surface area (Å²) >= 11 is 7.55. The highest BCUT2D eigenvalue weighted by Crippen LogP contribution is 2.33. The Labute approximate surface area is 204 Å². The predicted octanol–water partition coefficient (Wildman–Crippen LogP) is 5.53. The van der Waals surface area contributed by atoms with Gasteiger partial charge in [0, 0.05) is 17.9 Å². The van der Waals surface area contributed by atoms with Crippen molar-refractivity contribution < 1.29 is 22.4 Å². The van der Waals surface area contributed by atoms with Crippen LogP contribution in [0.25, 0.3) is 0 Å². The summed E-state index contributed by atoms with van der Waals surface area (Å²) in [6.45, 7) is 6.65. The number of aliphatic hydroxyl groups is 1. The molecule has 0 aliphatic rings. The van der Waals surface area contributed by atoms with E-state index in [9.17, 15) is 5.11 Å². The maximum atomic E-state index is 9.99. The van der Waals surface area contributed by atoms with Crippen LogP contribution in [0.4, 0.5) is 0 Å². The quantitative estimate of drug-likeness (QED) is 0.176. The molecule has 0 radical (unpaired) electrons. The van der Waals surface area contributed by atoms with Gasteiger partial charge >= 0.3 is 0 Å². The third kappa shape index (κ3) is 9.14. The predicted molar refractivity (Wildman–Crippen MR) is 133 cm³/mol. The molecule has 2 aromatic rings. The molecule has 0 aliphatic heterocycles. The van der Waals surface area contributed by atoms with E-state index in [1.807, 2.05) is 47.3 Å². The van der Waals surface area contributed by atoms with Gasteiger partial charge in [-0.1, -0.05) is 38.1 Å². The Morgan fingerprint density at radius 1 is 0.839 bits per heavy atom. The molecule has 0 saturated carbocycles. The van der Waals surface area contributed by atoms with E-state index >= 15 is 0 Å². The largest absolute Gasteiger partial charge is 0.494 e. The minimum Gasteiger partial charge on any atom is -0.494 e. The molecule has 1 unspecified atom stereocenters. The van der Waals surface area contributed by atoms with E-state index in [4.69, 9.17) is 28.9 Å². The molecule has 0 saturated heterocycles. The zero-order chi connectivity index (χ0) is 22.5. The summed E-state index contributed by atoms with van der Waals surface area (Å²) in [7, 11) is 0. The number of rotatable bonds is 15. The Morgan fingerprint density at radius 2 is 1.42 bits per heavy atom. The van der Waals surface area contributed by atoms with Gasteiger partial charge in [-0.3, -0.25) is 0 Å². The first kappa shape index (κ1) is 26.2. The van der Waals surface area contributed by atoms with Gasteiger partial charge in [0.2, 0.25) is 0 Å². The van der Waals surface area contributed by atoms with Crippen LogP contribution < -0.4 is 9.47 Å². The van der Waals surface area contributed by atoms with Crippen molar-refractivity contribution in [2.24, 2.45) is 0 Å². The average molecular weight is 563 g/mol. The van der Waals surface area contributed by atoms with Gasteiger partial charge in [0.05, 0.1) is 19.8 Å². The van der Waals surface area contributed by atoms with E-state index in [2.05, 4.69) is 38.1 Å². The fourth-order valence-corrected chi connectivity index (χ4v) is 3.44. The van der Waals surface area contributed by atoms with E-state index in [-0.39, 0.29) is 18.6 Å². The number of benzene rings is 2. The van der Waals surface area contributed by atoms with Gasteiger partial charge in [0.15, 0.2) is 0 Å². The smallest absolute Gasteiger partial charge is 0.119 e. The van der Waals surface area contributed by atoms with Gasteiger partial charge in [-0.15, -0.1) is 11.6 Å². The molecule has 7 heteroatoms. The highest BCUT2D eigenvalue weighted by atomic mass is 127. The lowest BCUT2D eigenvalue weighted by Crippen LogP contribution is -2.24. The summed E-state index contributed by atoms with van der Waals surface area (Å²) in [5, 5.41) is 9.99. The molecule has 0 amide bonds. The van der Waals surface area contributed by atoms with Gasteiger partial charge in [0.1, 0.15) is 47.2 Å². The van der Waals surface area contributed by atoms with Crippen molar-refractivity contribution in [3.8, 4) is 11.5 Å². The van der Waals surface area contributed by atoms with E-state index in [1.54, 1.807) is 0 Å². The first-order chi connectivity index (χ1) is 15.0. The molecule has 2 aromatic carbocycles. The topological polar surface area (TPSA) is 57.2 Å². The van der Waals surface area contributed by atoms with Gasteiger partial charge in [-0.05, 0) is 48.2 Å². The van der Waals surface area contributed by atoms with E-state index < -0.39 is 6.10 Å². The molecule has 2 rings (SSSR count). The van der Waals surface area contributed by atoms with Crippen molar-refractivity contribution in [2.45, 2.75) is 38.2 Å². The van der Waals surface area contributed by atoms with Crippen molar-refractivity contribution in [1.82, 2.24) is 0 Å². The van der Waals surface area contributed by atoms with Crippen LogP contribution in [0.3, 0.4) is 0 Å². The fourth-order valence-electron chi connectivity index (χ4n) is 3.02. The number of hydrogen-bond acceptors (Lipinski definition) is 5. The normalized spacial score (nSPS) is 12.5. The van der Waals surface area contributed by atoms with Gasteiger partial charge in [0.25, 0.3) is 0 Å². The molecule has 31 heavy (non-hydrogen) atoms. The lowest BCUT2D eigenvalue weighted by atomic mass is 9.78. The first-order valence-corrected chi connectivity index (χ1v) is 11.9.